The number of hydrazone groups is 1. The molecule has 3 aromatic carbocycles. The van der Waals surface area contributed by atoms with Crippen molar-refractivity contribution in [2.24, 2.45) is 5.10 Å². The summed E-state index contributed by atoms with van der Waals surface area (Å²) in [5, 5.41) is 4.59. The summed E-state index contributed by atoms with van der Waals surface area (Å²) in [4.78, 5) is 24.5. The molecular weight excluding hydrogens is 436 g/mol. The van der Waals surface area contributed by atoms with Crippen LogP contribution in [-0.2, 0) is 6.61 Å². The molecule has 4 aromatic rings. The summed E-state index contributed by atoms with van der Waals surface area (Å²) in [6, 6.07) is 21.3. The third-order valence-electron chi connectivity index (χ3n) is 5.01. The molecule has 0 bridgehead atoms. The molecule has 8 nitrogen and oxygen atoms in total. The molecule has 0 aliphatic carbocycles. The number of hydrogen-bond donors (Lipinski definition) is 1. The molecule has 0 spiro atoms. The van der Waals surface area contributed by atoms with Crippen LogP contribution >= 0.6 is 0 Å². The lowest BCUT2D eigenvalue weighted by molar-refractivity contribution is 0.0951. The number of methoxy groups -OCH3 is 2. The number of amides is 1. The maximum absolute atomic E-state index is 12.4. The molecule has 172 valence electrons. The Bertz CT molecular complexity index is 1390. The molecule has 0 saturated heterocycles. The van der Waals surface area contributed by atoms with Gasteiger partial charge < -0.3 is 18.6 Å². The summed E-state index contributed by atoms with van der Waals surface area (Å²) >= 11 is 0. The zero-order chi connectivity index (χ0) is 23.9. The molecule has 0 saturated carbocycles. The molecule has 0 fully saturated rings. The van der Waals surface area contributed by atoms with Crippen LogP contribution in [0.5, 0.6) is 17.2 Å². The summed E-state index contributed by atoms with van der Waals surface area (Å²) < 4.78 is 21.6. The number of fused-ring (bicyclic) bond motifs is 1. The number of para-hydroxylation sites is 1. The number of ether oxygens (including phenoxy) is 3. The predicted molar refractivity (Wildman–Crippen MR) is 128 cm³/mol. The van der Waals surface area contributed by atoms with Gasteiger partial charge in [0.15, 0.2) is 11.5 Å². The smallest absolute Gasteiger partial charge is 0.349 e. The first-order valence-corrected chi connectivity index (χ1v) is 10.4. The van der Waals surface area contributed by atoms with Crippen LogP contribution in [0.1, 0.15) is 21.5 Å². The summed E-state index contributed by atoms with van der Waals surface area (Å²) in [6.07, 6.45) is 1.44. The van der Waals surface area contributed by atoms with Crippen LogP contribution in [0, 0.1) is 0 Å². The molecule has 1 heterocycles. The van der Waals surface area contributed by atoms with Crippen molar-refractivity contribution >= 4 is 23.1 Å². The summed E-state index contributed by atoms with van der Waals surface area (Å²) in [7, 11) is 3.16. The molecule has 0 unspecified atom stereocenters. The minimum Gasteiger partial charge on any atom is -0.497 e. The third-order valence-corrected chi connectivity index (χ3v) is 5.01. The highest BCUT2D eigenvalue weighted by Gasteiger charge is 2.13. The SMILES string of the molecule is COc1ccc(COc2ccc(C=NNC(=O)c3cc4ccccc4oc3=O)cc2OC)cc1. The first-order valence-electron chi connectivity index (χ1n) is 10.4. The van der Waals surface area contributed by atoms with Gasteiger partial charge in [-0.2, -0.15) is 5.10 Å². The average molecular weight is 458 g/mol. The summed E-state index contributed by atoms with van der Waals surface area (Å²) in [5.74, 6) is 1.19. The highest BCUT2D eigenvalue weighted by atomic mass is 16.5. The second-order valence-corrected chi connectivity index (χ2v) is 7.23. The Hall–Kier alpha value is -4.59. The van der Waals surface area contributed by atoms with Gasteiger partial charge in [0.1, 0.15) is 23.5 Å². The van der Waals surface area contributed by atoms with E-state index in [9.17, 15) is 9.59 Å². The second-order valence-electron chi connectivity index (χ2n) is 7.23. The minimum absolute atomic E-state index is 0.129. The topological polar surface area (TPSA) is 99.4 Å². The van der Waals surface area contributed by atoms with Gasteiger partial charge in [-0.05, 0) is 53.6 Å². The van der Waals surface area contributed by atoms with Gasteiger partial charge >= 0.3 is 5.63 Å². The molecule has 0 aliphatic heterocycles. The lowest BCUT2D eigenvalue weighted by atomic mass is 10.2. The van der Waals surface area contributed by atoms with Gasteiger partial charge in [-0.25, -0.2) is 10.2 Å². The number of hydrogen-bond acceptors (Lipinski definition) is 7. The Morgan fingerprint density at radius 3 is 2.53 bits per heavy atom. The Morgan fingerprint density at radius 1 is 0.971 bits per heavy atom. The Labute approximate surface area is 195 Å². The van der Waals surface area contributed by atoms with Gasteiger partial charge in [0.2, 0.25) is 0 Å². The molecule has 1 amide bonds. The normalized spacial score (nSPS) is 10.9. The number of carbonyl (C=O) groups is 1. The fourth-order valence-corrected chi connectivity index (χ4v) is 3.21. The van der Waals surface area contributed by atoms with Crippen molar-refractivity contribution in [3.63, 3.8) is 0 Å². The van der Waals surface area contributed by atoms with E-state index in [0.29, 0.717) is 34.6 Å². The molecule has 34 heavy (non-hydrogen) atoms. The highest BCUT2D eigenvalue weighted by Crippen LogP contribution is 2.28. The minimum atomic E-state index is -0.730. The number of benzene rings is 3. The molecule has 0 atom stereocenters. The van der Waals surface area contributed by atoms with E-state index >= 15 is 0 Å². The van der Waals surface area contributed by atoms with Crippen LogP contribution in [-0.4, -0.2) is 26.3 Å². The van der Waals surface area contributed by atoms with Gasteiger partial charge in [-0.1, -0.05) is 30.3 Å². The van der Waals surface area contributed by atoms with Crippen LogP contribution in [0.3, 0.4) is 0 Å². The van der Waals surface area contributed by atoms with Gasteiger partial charge in [-0.15, -0.1) is 0 Å². The van der Waals surface area contributed by atoms with Crippen LogP contribution in [0.2, 0.25) is 0 Å². The van der Waals surface area contributed by atoms with Gasteiger partial charge in [0.05, 0.1) is 20.4 Å². The van der Waals surface area contributed by atoms with E-state index < -0.39 is 11.5 Å². The van der Waals surface area contributed by atoms with Crippen molar-refractivity contribution in [1.82, 2.24) is 5.43 Å². The van der Waals surface area contributed by atoms with E-state index in [1.165, 1.54) is 19.4 Å². The molecule has 8 heteroatoms. The lowest BCUT2D eigenvalue weighted by Crippen LogP contribution is -2.24. The molecule has 0 radical (unpaired) electrons. The fraction of sp³-hybridized carbons (Fsp3) is 0.115. The Balaban J connectivity index is 1.41. The zero-order valence-corrected chi connectivity index (χ0v) is 18.6. The van der Waals surface area contributed by atoms with E-state index in [0.717, 1.165) is 11.3 Å². The van der Waals surface area contributed by atoms with Crippen molar-refractivity contribution < 1.29 is 23.4 Å². The third kappa shape index (κ3) is 5.24. The molecular formula is C26H22N2O6. The van der Waals surface area contributed by atoms with Gasteiger partial charge in [-0.3, -0.25) is 4.79 Å². The average Bonchev–Trinajstić information content (AvgIpc) is 2.87. The zero-order valence-electron chi connectivity index (χ0n) is 18.6. The van der Waals surface area contributed by atoms with Crippen molar-refractivity contribution in [3.8, 4) is 17.2 Å². The Morgan fingerprint density at radius 2 is 1.76 bits per heavy atom. The molecule has 1 N–H and O–H groups in total. The van der Waals surface area contributed by atoms with Crippen molar-refractivity contribution in [2.45, 2.75) is 6.61 Å². The number of nitrogens with one attached hydrogen (secondary N) is 1. The van der Waals surface area contributed by atoms with Crippen molar-refractivity contribution in [3.05, 3.63) is 99.9 Å². The first-order chi connectivity index (χ1) is 16.6. The maximum atomic E-state index is 12.4. The standard InChI is InChI=1S/C26H22N2O6/c1-31-20-10-7-17(8-11-20)16-33-23-12-9-18(13-24(23)32-2)15-27-28-25(29)21-14-19-5-3-4-6-22(19)34-26(21)30/h3-15H,16H2,1-2H3,(H,28,29). The van der Waals surface area contributed by atoms with E-state index in [-0.39, 0.29) is 5.56 Å². The van der Waals surface area contributed by atoms with Crippen molar-refractivity contribution in [2.75, 3.05) is 14.2 Å². The van der Waals surface area contributed by atoms with E-state index in [4.69, 9.17) is 18.6 Å². The first kappa shape index (κ1) is 22.6. The quantitative estimate of drug-likeness (QED) is 0.242. The molecule has 0 aliphatic rings. The second kappa shape index (κ2) is 10.4. The number of carbonyl (C=O) groups excluding carboxylic acids is 1. The monoisotopic (exact) mass is 458 g/mol. The van der Waals surface area contributed by atoms with Crippen molar-refractivity contribution in [1.29, 1.82) is 0 Å². The van der Waals surface area contributed by atoms with E-state index in [1.807, 2.05) is 24.3 Å². The van der Waals surface area contributed by atoms with Gasteiger partial charge in [0, 0.05) is 5.39 Å². The van der Waals surface area contributed by atoms with Gasteiger partial charge in [0.25, 0.3) is 5.91 Å². The van der Waals surface area contributed by atoms with Crippen LogP contribution in [0.4, 0.5) is 0 Å². The summed E-state index contributed by atoms with van der Waals surface area (Å²) in [6.45, 7) is 0.359. The van der Waals surface area contributed by atoms with E-state index in [1.54, 1.807) is 49.6 Å². The largest absolute Gasteiger partial charge is 0.497 e. The predicted octanol–water partition coefficient (Wildman–Crippen LogP) is 4.15. The molecule has 4 rings (SSSR count). The number of rotatable bonds is 8. The van der Waals surface area contributed by atoms with Crippen LogP contribution < -0.4 is 25.3 Å². The lowest BCUT2D eigenvalue weighted by Gasteiger charge is -2.11. The fourth-order valence-electron chi connectivity index (χ4n) is 3.21. The highest BCUT2D eigenvalue weighted by molar-refractivity contribution is 5.97. The Kier molecular flexibility index (Phi) is 6.88. The van der Waals surface area contributed by atoms with Crippen LogP contribution in [0.25, 0.3) is 11.0 Å². The van der Waals surface area contributed by atoms with Crippen LogP contribution in [0.15, 0.2) is 87.1 Å². The van der Waals surface area contributed by atoms with E-state index in [2.05, 4.69) is 10.5 Å². The molecule has 1 aromatic heterocycles. The maximum Gasteiger partial charge on any atom is 0.349 e. The summed E-state index contributed by atoms with van der Waals surface area (Å²) in [5.41, 5.74) is 3.55. The number of nitrogens with zero attached hydrogens (tertiary/aromatic N) is 1.